The number of aromatic nitrogens is 1. The zero-order valence-corrected chi connectivity index (χ0v) is 7.75. The lowest BCUT2D eigenvalue weighted by atomic mass is 10.2. The molecule has 0 bridgehead atoms. The Balaban J connectivity index is 2.15. The molecule has 1 fully saturated rings. The third-order valence-corrected chi connectivity index (χ3v) is 2.24. The van der Waals surface area contributed by atoms with Gasteiger partial charge in [-0.15, -0.1) is 0 Å². The Bertz CT molecular complexity index is 308. The molecule has 3 heteroatoms. The SMILES string of the molecule is Cc1cc(CO)cnc1NC1CC1. The monoisotopic (exact) mass is 178 g/mol. The molecular formula is C10H14N2O. The largest absolute Gasteiger partial charge is 0.392 e. The van der Waals surface area contributed by atoms with Crippen molar-refractivity contribution in [2.24, 2.45) is 0 Å². The Labute approximate surface area is 77.8 Å². The molecule has 1 aromatic rings. The van der Waals surface area contributed by atoms with Crippen LogP contribution in [0.1, 0.15) is 24.0 Å². The number of rotatable bonds is 3. The summed E-state index contributed by atoms with van der Waals surface area (Å²) in [5, 5.41) is 12.2. The Hall–Kier alpha value is -1.09. The molecule has 0 aromatic carbocycles. The molecule has 70 valence electrons. The number of aryl methyl sites for hydroxylation is 1. The topological polar surface area (TPSA) is 45.2 Å². The van der Waals surface area contributed by atoms with E-state index in [1.807, 2.05) is 13.0 Å². The summed E-state index contributed by atoms with van der Waals surface area (Å²) in [6, 6.07) is 2.60. The van der Waals surface area contributed by atoms with Crippen molar-refractivity contribution in [1.82, 2.24) is 4.98 Å². The molecule has 3 nitrogen and oxygen atoms in total. The molecule has 0 radical (unpaired) electrons. The molecule has 0 amide bonds. The van der Waals surface area contributed by atoms with Crippen LogP contribution in [0.2, 0.25) is 0 Å². The smallest absolute Gasteiger partial charge is 0.129 e. The van der Waals surface area contributed by atoms with E-state index in [0.29, 0.717) is 6.04 Å². The molecule has 0 saturated heterocycles. The van der Waals surface area contributed by atoms with Gasteiger partial charge >= 0.3 is 0 Å². The second kappa shape index (κ2) is 3.34. The quantitative estimate of drug-likeness (QED) is 0.736. The van der Waals surface area contributed by atoms with Crippen molar-refractivity contribution in [3.63, 3.8) is 0 Å². The molecule has 0 atom stereocenters. The van der Waals surface area contributed by atoms with Crippen LogP contribution in [0.3, 0.4) is 0 Å². The number of nitrogens with zero attached hydrogens (tertiary/aromatic N) is 1. The maximum atomic E-state index is 8.89. The lowest BCUT2D eigenvalue weighted by Crippen LogP contribution is -2.05. The van der Waals surface area contributed by atoms with Crippen molar-refractivity contribution in [1.29, 1.82) is 0 Å². The minimum absolute atomic E-state index is 0.0670. The van der Waals surface area contributed by atoms with Crippen molar-refractivity contribution in [2.45, 2.75) is 32.4 Å². The molecule has 1 saturated carbocycles. The lowest BCUT2D eigenvalue weighted by molar-refractivity contribution is 0.281. The van der Waals surface area contributed by atoms with Gasteiger partial charge in [0, 0.05) is 12.2 Å². The molecule has 13 heavy (non-hydrogen) atoms. The van der Waals surface area contributed by atoms with Gasteiger partial charge in [0.15, 0.2) is 0 Å². The van der Waals surface area contributed by atoms with Gasteiger partial charge in [-0.05, 0) is 37.0 Å². The van der Waals surface area contributed by atoms with Crippen LogP contribution in [-0.4, -0.2) is 16.1 Å². The van der Waals surface area contributed by atoms with Gasteiger partial charge in [-0.25, -0.2) is 4.98 Å². The van der Waals surface area contributed by atoms with Crippen molar-refractivity contribution in [3.8, 4) is 0 Å². The van der Waals surface area contributed by atoms with E-state index in [2.05, 4.69) is 10.3 Å². The third-order valence-electron chi connectivity index (χ3n) is 2.24. The summed E-state index contributed by atoms with van der Waals surface area (Å²) < 4.78 is 0. The second-order valence-electron chi connectivity index (χ2n) is 3.59. The Morgan fingerprint density at radius 3 is 2.92 bits per heavy atom. The fourth-order valence-electron chi connectivity index (χ4n) is 1.29. The van der Waals surface area contributed by atoms with E-state index < -0.39 is 0 Å². The average molecular weight is 178 g/mol. The summed E-state index contributed by atoms with van der Waals surface area (Å²) in [5.74, 6) is 0.958. The van der Waals surface area contributed by atoms with Gasteiger partial charge in [-0.3, -0.25) is 0 Å². The Morgan fingerprint density at radius 1 is 1.62 bits per heavy atom. The molecule has 1 aromatic heterocycles. The highest BCUT2D eigenvalue weighted by molar-refractivity contribution is 5.46. The van der Waals surface area contributed by atoms with Gasteiger partial charge in [0.2, 0.25) is 0 Å². The van der Waals surface area contributed by atoms with Crippen LogP contribution in [0.15, 0.2) is 12.3 Å². The average Bonchev–Trinajstić information content (AvgIpc) is 2.92. The van der Waals surface area contributed by atoms with Crippen LogP contribution < -0.4 is 5.32 Å². The number of aliphatic hydroxyl groups excluding tert-OH is 1. The number of aliphatic hydroxyl groups is 1. The normalized spacial score (nSPS) is 15.8. The molecule has 0 unspecified atom stereocenters. The minimum Gasteiger partial charge on any atom is -0.392 e. The van der Waals surface area contributed by atoms with E-state index in [4.69, 9.17) is 5.11 Å². The van der Waals surface area contributed by atoms with Gasteiger partial charge in [0.05, 0.1) is 6.61 Å². The van der Waals surface area contributed by atoms with E-state index in [1.54, 1.807) is 6.20 Å². The first kappa shape index (κ1) is 8.51. The van der Waals surface area contributed by atoms with E-state index in [0.717, 1.165) is 16.9 Å². The van der Waals surface area contributed by atoms with E-state index in [9.17, 15) is 0 Å². The zero-order chi connectivity index (χ0) is 9.26. The van der Waals surface area contributed by atoms with E-state index >= 15 is 0 Å². The van der Waals surface area contributed by atoms with Gasteiger partial charge in [0.1, 0.15) is 5.82 Å². The molecule has 0 spiro atoms. The maximum Gasteiger partial charge on any atom is 0.129 e. The molecule has 1 heterocycles. The van der Waals surface area contributed by atoms with Crippen LogP contribution in [0.25, 0.3) is 0 Å². The molecule has 2 rings (SSSR count). The Kier molecular flexibility index (Phi) is 2.19. The summed E-state index contributed by atoms with van der Waals surface area (Å²) in [6.45, 7) is 2.08. The molecule has 0 aliphatic heterocycles. The van der Waals surface area contributed by atoms with Gasteiger partial charge in [0.25, 0.3) is 0 Å². The summed E-state index contributed by atoms with van der Waals surface area (Å²) in [4.78, 5) is 4.26. The molecular weight excluding hydrogens is 164 g/mol. The van der Waals surface area contributed by atoms with Crippen molar-refractivity contribution < 1.29 is 5.11 Å². The highest BCUT2D eigenvalue weighted by Gasteiger charge is 2.21. The molecule has 1 aliphatic carbocycles. The summed E-state index contributed by atoms with van der Waals surface area (Å²) in [7, 11) is 0. The number of hydrogen-bond acceptors (Lipinski definition) is 3. The van der Waals surface area contributed by atoms with Gasteiger partial charge < -0.3 is 10.4 Å². The second-order valence-corrected chi connectivity index (χ2v) is 3.59. The van der Waals surface area contributed by atoms with Crippen LogP contribution >= 0.6 is 0 Å². The minimum atomic E-state index is 0.0670. The van der Waals surface area contributed by atoms with Gasteiger partial charge in [-0.2, -0.15) is 0 Å². The van der Waals surface area contributed by atoms with Crippen molar-refractivity contribution in [3.05, 3.63) is 23.4 Å². The van der Waals surface area contributed by atoms with Crippen molar-refractivity contribution in [2.75, 3.05) is 5.32 Å². The van der Waals surface area contributed by atoms with Crippen LogP contribution in [0.4, 0.5) is 5.82 Å². The van der Waals surface area contributed by atoms with Crippen LogP contribution in [0, 0.1) is 6.92 Å². The molecule has 2 N–H and O–H groups in total. The predicted molar refractivity (Wildman–Crippen MR) is 51.5 cm³/mol. The van der Waals surface area contributed by atoms with E-state index in [-0.39, 0.29) is 6.61 Å². The fourth-order valence-corrected chi connectivity index (χ4v) is 1.29. The highest BCUT2D eigenvalue weighted by Crippen LogP contribution is 2.25. The first-order valence-corrected chi connectivity index (χ1v) is 4.62. The van der Waals surface area contributed by atoms with Crippen LogP contribution in [-0.2, 0) is 6.61 Å². The van der Waals surface area contributed by atoms with Crippen molar-refractivity contribution >= 4 is 5.82 Å². The molecule has 1 aliphatic rings. The summed E-state index contributed by atoms with van der Waals surface area (Å²) in [6.07, 6.45) is 4.23. The maximum absolute atomic E-state index is 8.89. The number of anilines is 1. The van der Waals surface area contributed by atoms with Crippen LogP contribution in [0.5, 0.6) is 0 Å². The standard InChI is InChI=1S/C10H14N2O/c1-7-4-8(6-13)5-11-10(7)12-9-2-3-9/h4-5,9,13H,2-3,6H2,1H3,(H,11,12). The van der Waals surface area contributed by atoms with Gasteiger partial charge in [-0.1, -0.05) is 0 Å². The third kappa shape index (κ3) is 1.98. The fraction of sp³-hybridized carbons (Fsp3) is 0.500. The van der Waals surface area contributed by atoms with E-state index in [1.165, 1.54) is 12.8 Å². The first-order chi connectivity index (χ1) is 6.29. The Morgan fingerprint density at radius 2 is 2.38 bits per heavy atom. The highest BCUT2D eigenvalue weighted by atomic mass is 16.3. The predicted octanol–water partition coefficient (Wildman–Crippen LogP) is 1.46. The number of nitrogens with one attached hydrogen (secondary N) is 1. The zero-order valence-electron chi connectivity index (χ0n) is 7.75. The summed E-state index contributed by atoms with van der Waals surface area (Å²) in [5.41, 5.74) is 1.98. The number of hydrogen-bond donors (Lipinski definition) is 2. The number of pyridine rings is 1. The first-order valence-electron chi connectivity index (χ1n) is 4.62. The lowest BCUT2D eigenvalue weighted by Gasteiger charge is -2.07. The summed E-state index contributed by atoms with van der Waals surface area (Å²) >= 11 is 0.